The number of carbonyl (C=O) groups excluding carboxylic acids is 1. The fraction of sp³-hybridized carbons (Fsp3) is 0.609. The van der Waals surface area contributed by atoms with E-state index in [1.165, 1.54) is 43.4 Å². The van der Waals surface area contributed by atoms with Gasteiger partial charge in [0.25, 0.3) is 5.91 Å². The summed E-state index contributed by atoms with van der Waals surface area (Å²) in [6.07, 6.45) is 13.2. The van der Waals surface area contributed by atoms with Crippen LogP contribution >= 0.6 is 0 Å². The van der Waals surface area contributed by atoms with Crippen LogP contribution in [0, 0.1) is 5.92 Å². The van der Waals surface area contributed by atoms with Gasteiger partial charge in [-0.15, -0.1) is 0 Å². The summed E-state index contributed by atoms with van der Waals surface area (Å²) in [5, 5.41) is 8.52. The maximum Gasteiger partial charge on any atom is 0.274 e. The standard InChI is InChI=1S/C23H33N5O/c1-27(2)23(29)22-20-14-19(25-15-17-10-12-24-13-11-17)8-9-21(20)28(26-22)16-18-6-4-3-5-7-18/h10-13,18-19,25H,3-9,14-16H2,1-2H3. The minimum absolute atomic E-state index is 0.0263. The first kappa shape index (κ1) is 20.1. The number of hydrogen-bond donors (Lipinski definition) is 1. The molecule has 2 aromatic heterocycles. The molecule has 4 rings (SSSR count). The molecule has 0 bridgehead atoms. The van der Waals surface area contributed by atoms with Crippen molar-refractivity contribution in [1.29, 1.82) is 0 Å². The van der Waals surface area contributed by atoms with Crippen LogP contribution in [0.2, 0.25) is 0 Å². The maximum absolute atomic E-state index is 12.8. The van der Waals surface area contributed by atoms with Crippen LogP contribution in [0.25, 0.3) is 0 Å². The molecule has 6 heteroatoms. The zero-order valence-electron chi connectivity index (χ0n) is 17.7. The first-order chi connectivity index (χ1) is 14.1. The van der Waals surface area contributed by atoms with E-state index in [0.29, 0.717) is 17.7 Å². The van der Waals surface area contributed by atoms with E-state index in [1.807, 2.05) is 38.6 Å². The predicted molar refractivity (Wildman–Crippen MR) is 114 cm³/mol. The van der Waals surface area contributed by atoms with Crippen molar-refractivity contribution in [2.45, 2.75) is 70.5 Å². The number of aromatic nitrogens is 3. The summed E-state index contributed by atoms with van der Waals surface area (Å²) < 4.78 is 2.18. The van der Waals surface area contributed by atoms with Crippen LogP contribution in [0.4, 0.5) is 0 Å². The topological polar surface area (TPSA) is 63.1 Å². The summed E-state index contributed by atoms with van der Waals surface area (Å²) in [5.74, 6) is 0.732. The third-order valence-electron chi connectivity index (χ3n) is 6.46. The van der Waals surface area contributed by atoms with Crippen molar-refractivity contribution in [3.8, 4) is 0 Å². The summed E-state index contributed by atoms with van der Waals surface area (Å²) in [7, 11) is 3.63. The first-order valence-corrected chi connectivity index (χ1v) is 11.0. The third-order valence-corrected chi connectivity index (χ3v) is 6.46. The Morgan fingerprint density at radius 3 is 2.66 bits per heavy atom. The second kappa shape index (κ2) is 9.08. The maximum atomic E-state index is 12.8. The van der Waals surface area contributed by atoms with Crippen molar-refractivity contribution in [2.75, 3.05) is 14.1 Å². The number of hydrogen-bond acceptors (Lipinski definition) is 4. The molecule has 1 amide bonds. The lowest BCUT2D eigenvalue weighted by Gasteiger charge is -2.26. The molecule has 2 heterocycles. The Kier molecular flexibility index (Phi) is 6.28. The molecule has 0 aliphatic heterocycles. The van der Waals surface area contributed by atoms with E-state index in [4.69, 9.17) is 5.10 Å². The monoisotopic (exact) mass is 395 g/mol. The van der Waals surface area contributed by atoms with Crippen LogP contribution in [0.5, 0.6) is 0 Å². The van der Waals surface area contributed by atoms with Crippen LogP contribution in [0.1, 0.15) is 65.8 Å². The van der Waals surface area contributed by atoms with Gasteiger partial charge in [0.2, 0.25) is 0 Å². The Morgan fingerprint density at radius 1 is 1.17 bits per heavy atom. The first-order valence-electron chi connectivity index (χ1n) is 11.0. The van der Waals surface area contributed by atoms with E-state index in [0.717, 1.165) is 37.9 Å². The number of nitrogens with zero attached hydrogens (tertiary/aromatic N) is 4. The fourth-order valence-corrected chi connectivity index (χ4v) is 4.77. The summed E-state index contributed by atoms with van der Waals surface area (Å²) in [4.78, 5) is 18.6. The highest BCUT2D eigenvalue weighted by Gasteiger charge is 2.30. The van der Waals surface area contributed by atoms with Crippen LogP contribution in [-0.4, -0.2) is 45.7 Å². The van der Waals surface area contributed by atoms with Crippen molar-refractivity contribution in [2.24, 2.45) is 5.92 Å². The summed E-state index contributed by atoms with van der Waals surface area (Å²) in [6, 6.07) is 4.46. The van der Waals surface area contributed by atoms with E-state index in [-0.39, 0.29) is 5.91 Å². The molecule has 6 nitrogen and oxygen atoms in total. The Morgan fingerprint density at radius 2 is 1.93 bits per heavy atom. The molecule has 156 valence electrons. The second-order valence-corrected chi connectivity index (χ2v) is 8.84. The minimum Gasteiger partial charge on any atom is -0.343 e. The predicted octanol–water partition coefficient (Wildman–Crippen LogP) is 3.21. The van der Waals surface area contributed by atoms with Gasteiger partial charge in [0.15, 0.2) is 5.69 Å². The highest BCUT2D eigenvalue weighted by molar-refractivity contribution is 5.93. The van der Waals surface area contributed by atoms with Gasteiger partial charge >= 0.3 is 0 Å². The average molecular weight is 396 g/mol. The van der Waals surface area contributed by atoms with Gasteiger partial charge in [-0.05, 0) is 55.7 Å². The van der Waals surface area contributed by atoms with E-state index in [2.05, 4.69) is 15.0 Å². The summed E-state index contributed by atoms with van der Waals surface area (Å²) in [6.45, 7) is 1.80. The molecule has 1 unspecified atom stereocenters. The second-order valence-electron chi connectivity index (χ2n) is 8.84. The van der Waals surface area contributed by atoms with Crippen LogP contribution in [0.3, 0.4) is 0 Å². The van der Waals surface area contributed by atoms with Crippen molar-refractivity contribution in [3.05, 3.63) is 47.0 Å². The Bertz CT molecular complexity index is 823. The molecule has 29 heavy (non-hydrogen) atoms. The molecule has 1 fully saturated rings. The van der Waals surface area contributed by atoms with Crippen LogP contribution in [0.15, 0.2) is 24.5 Å². The van der Waals surface area contributed by atoms with Gasteiger partial charge in [-0.3, -0.25) is 14.5 Å². The van der Waals surface area contributed by atoms with E-state index in [9.17, 15) is 4.79 Å². The molecule has 0 saturated heterocycles. The molecule has 2 aliphatic carbocycles. The van der Waals surface area contributed by atoms with E-state index in [1.54, 1.807) is 4.90 Å². The van der Waals surface area contributed by atoms with Gasteiger partial charge < -0.3 is 10.2 Å². The molecular weight excluding hydrogens is 362 g/mol. The third kappa shape index (κ3) is 4.69. The fourth-order valence-electron chi connectivity index (χ4n) is 4.77. The summed E-state index contributed by atoms with van der Waals surface area (Å²) >= 11 is 0. The van der Waals surface area contributed by atoms with Gasteiger partial charge in [0.05, 0.1) is 0 Å². The molecule has 0 spiro atoms. The zero-order chi connectivity index (χ0) is 20.2. The molecular formula is C23H33N5O. The van der Waals surface area contributed by atoms with Crippen molar-refractivity contribution in [1.82, 2.24) is 25.0 Å². The zero-order valence-corrected chi connectivity index (χ0v) is 17.7. The number of fused-ring (bicyclic) bond motifs is 1. The van der Waals surface area contributed by atoms with Gasteiger partial charge in [0, 0.05) is 56.9 Å². The molecule has 1 atom stereocenters. The Hall–Kier alpha value is -2.21. The van der Waals surface area contributed by atoms with Gasteiger partial charge in [0.1, 0.15) is 0 Å². The molecule has 1 N–H and O–H groups in total. The SMILES string of the molecule is CN(C)C(=O)c1nn(CC2CCCCC2)c2c1CC(NCc1ccncc1)CC2. The largest absolute Gasteiger partial charge is 0.343 e. The minimum atomic E-state index is 0.0263. The molecule has 0 radical (unpaired) electrons. The van der Waals surface area contributed by atoms with Gasteiger partial charge in [-0.2, -0.15) is 5.10 Å². The molecule has 0 aromatic carbocycles. The number of amides is 1. The lowest BCUT2D eigenvalue weighted by molar-refractivity contribution is 0.0819. The van der Waals surface area contributed by atoms with Crippen molar-refractivity contribution < 1.29 is 4.79 Å². The van der Waals surface area contributed by atoms with E-state index < -0.39 is 0 Å². The Balaban J connectivity index is 1.51. The van der Waals surface area contributed by atoms with E-state index >= 15 is 0 Å². The van der Waals surface area contributed by atoms with Crippen molar-refractivity contribution in [3.63, 3.8) is 0 Å². The number of nitrogens with one attached hydrogen (secondary N) is 1. The molecule has 1 saturated carbocycles. The number of pyridine rings is 1. The quantitative estimate of drug-likeness (QED) is 0.816. The average Bonchev–Trinajstić information content (AvgIpc) is 3.10. The van der Waals surface area contributed by atoms with Crippen LogP contribution < -0.4 is 5.32 Å². The van der Waals surface area contributed by atoms with Crippen LogP contribution in [-0.2, 0) is 25.9 Å². The Labute approximate surface area is 173 Å². The lowest BCUT2D eigenvalue weighted by Crippen LogP contribution is -2.35. The molecule has 2 aliphatic rings. The smallest absolute Gasteiger partial charge is 0.274 e. The molecule has 2 aromatic rings. The van der Waals surface area contributed by atoms with Crippen molar-refractivity contribution >= 4 is 5.91 Å². The summed E-state index contributed by atoms with van der Waals surface area (Å²) in [5.41, 5.74) is 4.36. The lowest BCUT2D eigenvalue weighted by atomic mass is 9.88. The highest BCUT2D eigenvalue weighted by atomic mass is 16.2. The normalized spacial score (nSPS) is 19.7. The highest BCUT2D eigenvalue weighted by Crippen LogP contribution is 2.30. The number of carbonyl (C=O) groups is 1. The van der Waals surface area contributed by atoms with Gasteiger partial charge in [-0.25, -0.2) is 0 Å². The number of rotatable bonds is 6. The van der Waals surface area contributed by atoms with Gasteiger partial charge in [-0.1, -0.05) is 19.3 Å².